The molecule has 2 saturated heterocycles. The monoisotopic (exact) mass is 691 g/mol. The van der Waals surface area contributed by atoms with Crippen LogP contribution in [0.15, 0.2) is 66.2 Å². The van der Waals surface area contributed by atoms with Gasteiger partial charge in [-0.2, -0.15) is 5.01 Å². The summed E-state index contributed by atoms with van der Waals surface area (Å²) in [5.74, 6) is -5.24. The van der Waals surface area contributed by atoms with Crippen LogP contribution in [0, 0.1) is 23.7 Å². The molecule has 2 aliphatic heterocycles. The summed E-state index contributed by atoms with van der Waals surface area (Å²) < 4.78 is 16.7. The number of amides is 4. The van der Waals surface area contributed by atoms with E-state index in [4.69, 9.17) is 37.4 Å². The molecule has 0 unspecified atom stereocenters. The first-order chi connectivity index (χ1) is 23.0. The van der Waals surface area contributed by atoms with E-state index in [0.29, 0.717) is 27.7 Å². The molecule has 0 bridgehead atoms. The van der Waals surface area contributed by atoms with Crippen molar-refractivity contribution in [3.63, 3.8) is 0 Å². The van der Waals surface area contributed by atoms with Gasteiger partial charge in [-0.3, -0.25) is 29.9 Å². The third-order valence-corrected chi connectivity index (χ3v) is 10.8. The lowest BCUT2D eigenvalue weighted by Gasteiger charge is -2.50. The van der Waals surface area contributed by atoms with Crippen molar-refractivity contribution in [1.82, 2.24) is 10.3 Å². The number of imide groups is 2. The Hall–Kier alpha value is -4.74. The summed E-state index contributed by atoms with van der Waals surface area (Å²) in [7, 11) is 4.40. The van der Waals surface area contributed by atoms with Crippen LogP contribution in [-0.4, -0.2) is 55.1 Å². The SMILES string of the molecule is COc1ccc([C@@]23C(=O)N(Nc4ccc(Cl)cc4Cl)C(=O)[C@@H]2C[C@@H]2C(=CC[C@@H]4C(=O)NC(=O)[C@@H]42)[C@@H]3c2c(O)cc(OC)cc2OC)cc1. The topological polar surface area (TPSA) is 144 Å². The number of fused-ring (bicyclic) bond motifs is 4. The molecule has 48 heavy (non-hydrogen) atoms. The van der Waals surface area contributed by atoms with Crippen molar-refractivity contribution in [1.29, 1.82) is 0 Å². The van der Waals surface area contributed by atoms with Gasteiger partial charge in [0.2, 0.25) is 11.8 Å². The van der Waals surface area contributed by atoms with Crippen LogP contribution in [0.25, 0.3) is 0 Å². The normalized spacial score (nSPS) is 27.5. The Balaban J connectivity index is 1.52. The number of hydrogen-bond acceptors (Lipinski definition) is 9. The fraction of sp³-hybridized carbons (Fsp3) is 0.314. The molecule has 2 aliphatic carbocycles. The van der Waals surface area contributed by atoms with Crippen molar-refractivity contribution < 1.29 is 38.5 Å². The molecule has 0 radical (unpaired) electrons. The maximum absolute atomic E-state index is 15.3. The number of hydrazine groups is 1. The highest BCUT2D eigenvalue weighted by molar-refractivity contribution is 6.36. The van der Waals surface area contributed by atoms with Crippen molar-refractivity contribution in [3.8, 4) is 23.0 Å². The first kappa shape index (κ1) is 31.8. The lowest BCUT2D eigenvalue weighted by Crippen LogP contribution is -2.53. The molecule has 7 rings (SSSR count). The van der Waals surface area contributed by atoms with E-state index in [0.717, 1.165) is 5.01 Å². The number of allylic oxidation sites excluding steroid dienone is 2. The number of phenolic OH excluding ortho intramolecular Hbond substituents is 1. The first-order valence-corrected chi connectivity index (χ1v) is 16.0. The van der Waals surface area contributed by atoms with Gasteiger partial charge in [-0.15, -0.1) is 0 Å². The predicted molar refractivity (Wildman–Crippen MR) is 175 cm³/mol. The Morgan fingerprint density at radius 1 is 0.896 bits per heavy atom. The third kappa shape index (κ3) is 4.55. The summed E-state index contributed by atoms with van der Waals surface area (Å²) in [6.07, 6.45) is 2.19. The molecule has 3 aromatic carbocycles. The number of rotatable bonds is 7. The largest absolute Gasteiger partial charge is 0.507 e. The quantitative estimate of drug-likeness (QED) is 0.230. The van der Waals surface area contributed by atoms with Crippen LogP contribution in [-0.2, 0) is 24.6 Å². The first-order valence-electron chi connectivity index (χ1n) is 15.3. The molecule has 11 nitrogen and oxygen atoms in total. The van der Waals surface area contributed by atoms with Crippen molar-refractivity contribution in [2.45, 2.75) is 24.2 Å². The molecule has 6 atom stereocenters. The average molecular weight is 693 g/mol. The van der Waals surface area contributed by atoms with Crippen LogP contribution >= 0.6 is 23.2 Å². The molecule has 3 fully saturated rings. The van der Waals surface area contributed by atoms with Gasteiger partial charge in [-0.25, -0.2) is 0 Å². The zero-order valence-electron chi connectivity index (χ0n) is 26.1. The Morgan fingerprint density at radius 2 is 1.62 bits per heavy atom. The Kier molecular flexibility index (Phi) is 7.79. The highest BCUT2D eigenvalue weighted by Gasteiger charge is 2.70. The van der Waals surface area contributed by atoms with Gasteiger partial charge in [0.25, 0.3) is 11.8 Å². The molecule has 13 heteroatoms. The molecular weight excluding hydrogens is 661 g/mol. The lowest BCUT2D eigenvalue weighted by atomic mass is 9.49. The van der Waals surface area contributed by atoms with Crippen LogP contribution in [0.3, 0.4) is 0 Å². The summed E-state index contributed by atoms with van der Waals surface area (Å²) >= 11 is 12.6. The third-order valence-electron chi connectivity index (χ3n) is 10.3. The molecule has 3 aromatic rings. The molecule has 0 aromatic heterocycles. The predicted octanol–water partition coefficient (Wildman–Crippen LogP) is 5.00. The number of nitrogens with zero attached hydrogens (tertiary/aromatic N) is 1. The van der Waals surface area contributed by atoms with Gasteiger partial charge in [0.15, 0.2) is 0 Å². The number of nitrogens with one attached hydrogen (secondary N) is 2. The number of benzene rings is 3. The van der Waals surface area contributed by atoms with Crippen LogP contribution in [0.5, 0.6) is 23.0 Å². The summed E-state index contributed by atoms with van der Waals surface area (Å²) in [6.45, 7) is 0. The van der Waals surface area contributed by atoms with Crippen molar-refractivity contribution in [2.24, 2.45) is 23.7 Å². The number of anilines is 1. The number of halogens is 2. The number of carbonyl (C=O) groups is 4. The highest BCUT2D eigenvalue weighted by Crippen LogP contribution is 2.65. The number of aromatic hydroxyl groups is 1. The van der Waals surface area contributed by atoms with Crippen LogP contribution < -0.4 is 25.0 Å². The van der Waals surface area contributed by atoms with E-state index < -0.39 is 52.7 Å². The fourth-order valence-electron chi connectivity index (χ4n) is 8.23. The van der Waals surface area contributed by atoms with E-state index in [9.17, 15) is 19.5 Å². The molecule has 3 N–H and O–H groups in total. The lowest BCUT2D eigenvalue weighted by molar-refractivity contribution is -0.138. The zero-order chi connectivity index (χ0) is 34.1. The van der Waals surface area contributed by atoms with Crippen LogP contribution in [0.1, 0.15) is 29.9 Å². The van der Waals surface area contributed by atoms with Gasteiger partial charge in [0.1, 0.15) is 23.0 Å². The van der Waals surface area contributed by atoms with Crippen LogP contribution in [0.4, 0.5) is 5.69 Å². The Morgan fingerprint density at radius 3 is 2.29 bits per heavy atom. The number of methoxy groups -OCH3 is 3. The molecule has 248 valence electrons. The summed E-state index contributed by atoms with van der Waals surface area (Å²) in [5, 5.41) is 15.7. The number of phenols is 1. The molecule has 4 amide bonds. The maximum atomic E-state index is 15.3. The van der Waals surface area contributed by atoms with E-state index in [1.54, 1.807) is 42.5 Å². The minimum absolute atomic E-state index is 0.0760. The van der Waals surface area contributed by atoms with E-state index >= 15 is 4.79 Å². The minimum atomic E-state index is -1.66. The summed E-state index contributed by atoms with van der Waals surface area (Å²) in [6, 6.07) is 14.5. The van der Waals surface area contributed by atoms with E-state index in [2.05, 4.69) is 10.7 Å². The zero-order valence-corrected chi connectivity index (χ0v) is 27.6. The number of ether oxygens (including phenoxy) is 3. The van der Waals surface area contributed by atoms with Gasteiger partial charge in [-0.05, 0) is 54.7 Å². The van der Waals surface area contributed by atoms with Crippen molar-refractivity contribution in [2.75, 3.05) is 26.8 Å². The molecule has 0 spiro atoms. The summed E-state index contributed by atoms with van der Waals surface area (Å²) in [4.78, 5) is 56.2. The van der Waals surface area contributed by atoms with E-state index in [1.165, 1.54) is 33.5 Å². The molecule has 4 aliphatic rings. The second-order valence-corrected chi connectivity index (χ2v) is 13.2. The van der Waals surface area contributed by atoms with Gasteiger partial charge >= 0.3 is 0 Å². The van der Waals surface area contributed by atoms with Crippen molar-refractivity contribution in [3.05, 3.63) is 87.4 Å². The van der Waals surface area contributed by atoms with Crippen LogP contribution in [0.2, 0.25) is 10.0 Å². The van der Waals surface area contributed by atoms with Gasteiger partial charge in [0.05, 0.1) is 55.2 Å². The average Bonchev–Trinajstić information content (AvgIpc) is 3.49. The number of hydrogen-bond donors (Lipinski definition) is 3. The molecule has 1 saturated carbocycles. The van der Waals surface area contributed by atoms with Gasteiger partial charge in [0, 0.05) is 28.6 Å². The van der Waals surface area contributed by atoms with E-state index in [1.807, 2.05) is 6.08 Å². The highest BCUT2D eigenvalue weighted by atomic mass is 35.5. The van der Waals surface area contributed by atoms with E-state index in [-0.39, 0.29) is 46.5 Å². The summed E-state index contributed by atoms with van der Waals surface area (Å²) in [5.41, 5.74) is 2.92. The fourth-order valence-corrected chi connectivity index (χ4v) is 8.68. The second kappa shape index (κ2) is 11.7. The minimum Gasteiger partial charge on any atom is -0.507 e. The smallest absolute Gasteiger partial charge is 0.260 e. The number of carbonyl (C=O) groups excluding carboxylic acids is 4. The van der Waals surface area contributed by atoms with Gasteiger partial charge < -0.3 is 19.3 Å². The standard InChI is InChI=1S/C35H31Cl2N3O8/c1-46-18-7-4-16(5-8-18)35-23(33(44)40(34(35)45)39-25-11-6-17(36)12-24(25)37)15-22-20(9-10-21-28(22)32(43)38-31(21)42)30(35)29-26(41)13-19(47-2)14-27(29)48-3/h4-9,11-14,21-23,28,30,39,41H,10,15H2,1-3H3,(H,38,42,43)/t21-,22+,23-,28-,30+,35+/m0/s1. The van der Waals surface area contributed by atoms with Gasteiger partial charge in [-0.1, -0.05) is 47.0 Å². The second-order valence-electron chi connectivity index (χ2n) is 12.3. The van der Waals surface area contributed by atoms with Crippen molar-refractivity contribution >= 4 is 52.5 Å². The maximum Gasteiger partial charge on any atom is 0.260 e. The molecule has 2 heterocycles. The Labute approximate surface area is 285 Å². The molecular formula is C35H31Cl2N3O8. The Bertz CT molecular complexity index is 1910.